The monoisotopic (exact) mass is 261 g/mol. The van der Waals surface area contributed by atoms with Crippen LogP contribution in [0.4, 0.5) is 10.5 Å². The zero-order chi connectivity index (χ0) is 13.8. The van der Waals surface area contributed by atoms with Crippen molar-refractivity contribution in [3.63, 3.8) is 0 Å². The minimum Gasteiger partial charge on any atom is -0.478 e. The number of hydrogen-bond donors (Lipinski definition) is 2. The Balaban J connectivity index is 2.03. The molecule has 0 saturated carbocycles. The molecule has 6 nitrogen and oxygen atoms in total. The summed E-state index contributed by atoms with van der Waals surface area (Å²) < 4.78 is 0. The number of amides is 2. The van der Waals surface area contributed by atoms with Crippen LogP contribution in [0, 0.1) is 0 Å². The van der Waals surface area contributed by atoms with Crippen molar-refractivity contribution in [2.45, 2.75) is 13.3 Å². The van der Waals surface area contributed by atoms with Crippen LogP contribution >= 0.6 is 0 Å². The predicted molar refractivity (Wildman–Crippen MR) is 70.2 cm³/mol. The number of pyridine rings is 1. The van der Waals surface area contributed by atoms with Gasteiger partial charge in [-0.05, 0) is 19.4 Å². The third-order valence-corrected chi connectivity index (χ3v) is 2.96. The van der Waals surface area contributed by atoms with Gasteiger partial charge in [-0.25, -0.2) is 9.59 Å². The maximum Gasteiger partial charge on any atom is 0.337 e. The van der Waals surface area contributed by atoms with Crippen molar-refractivity contribution in [2.24, 2.45) is 0 Å². The number of carboxylic acids is 1. The number of nitrogens with one attached hydrogen (secondary N) is 1. The van der Waals surface area contributed by atoms with Gasteiger partial charge in [0.05, 0.1) is 17.4 Å². The summed E-state index contributed by atoms with van der Waals surface area (Å²) in [5.41, 5.74) is 1.71. The largest absolute Gasteiger partial charge is 0.478 e. The molecule has 100 valence electrons. The number of aromatic nitrogens is 1. The summed E-state index contributed by atoms with van der Waals surface area (Å²) in [7, 11) is 0. The Hall–Kier alpha value is -2.37. The lowest BCUT2D eigenvalue weighted by Gasteiger charge is -2.25. The number of aromatic carboxylic acids is 1. The van der Waals surface area contributed by atoms with Crippen molar-refractivity contribution in [3.05, 3.63) is 35.7 Å². The lowest BCUT2D eigenvalue weighted by atomic mass is 10.1. The fraction of sp³-hybridized carbons (Fsp3) is 0.308. The Labute approximate surface area is 110 Å². The second kappa shape index (κ2) is 5.51. The second-order valence-corrected chi connectivity index (χ2v) is 4.44. The Morgan fingerprint density at radius 3 is 2.84 bits per heavy atom. The summed E-state index contributed by atoms with van der Waals surface area (Å²) >= 11 is 0. The lowest BCUT2D eigenvalue weighted by molar-refractivity contribution is 0.0696. The number of anilines is 1. The van der Waals surface area contributed by atoms with E-state index in [0.29, 0.717) is 18.8 Å². The number of hydrogen-bond acceptors (Lipinski definition) is 3. The maximum absolute atomic E-state index is 12.0. The molecule has 0 spiro atoms. The van der Waals surface area contributed by atoms with E-state index in [2.05, 4.69) is 10.3 Å². The minimum atomic E-state index is -1.07. The van der Waals surface area contributed by atoms with E-state index in [9.17, 15) is 9.59 Å². The van der Waals surface area contributed by atoms with E-state index in [1.807, 2.05) is 13.0 Å². The van der Waals surface area contributed by atoms with E-state index >= 15 is 0 Å². The standard InChI is InChI=1S/C13H15N3O3/c1-9-2-4-16(5-3-9)13(19)15-11-6-10(12(17)18)7-14-8-11/h2,6-8H,3-5H2,1H3,(H,15,19)(H,17,18). The summed E-state index contributed by atoms with van der Waals surface area (Å²) in [5.74, 6) is -1.07. The number of urea groups is 1. The Kier molecular flexibility index (Phi) is 3.79. The third kappa shape index (κ3) is 3.31. The van der Waals surface area contributed by atoms with Gasteiger partial charge in [-0.3, -0.25) is 4.98 Å². The molecule has 1 aromatic heterocycles. The highest BCUT2D eigenvalue weighted by molar-refractivity contribution is 5.92. The molecule has 1 aliphatic heterocycles. The molecule has 6 heteroatoms. The maximum atomic E-state index is 12.0. The van der Waals surface area contributed by atoms with Gasteiger partial charge in [0.1, 0.15) is 0 Å². The summed E-state index contributed by atoms with van der Waals surface area (Å²) in [6.07, 6.45) is 5.54. The second-order valence-electron chi connectivity index (χ2n) is 4.44. The summed E-state index contributed by atoms with van der Waals surface area (Å²) in [4.78, 5) is 28.2. The van der Waals surface area contributed by atoms with E-state index in [-0.39, 0.29) is 11.6 Å². The van der Waals surface area contributed by atoms with Crippen LogP contribution in [-0.4, -0.2) is 40.1 Å². The zero-order valence-corrected chi connectivity index (χ0v) is 10.6. The van der Waals surface area contributed by atoms with Gasteiger partial charge in [-0.1, -0.05) is 11.6 Å². The molecular formula is C13H15N3O3. The molecule has 19 heavy (non-hydrogen) atoms. The lowest BCUT2D eigenvalue weighted by Crippen LogP contribution is -2.37. The molecule has 0 radical (unpaired) electrons. The molecule has 2 heterocycles. The first-order valence-corrected chi connectivity index (χ1v) is 5.96. The predicted octanol–water partition coefficient (Wildman–Crippen LogP) is 1.96. The SMILES string of the molecule is CC1=CCN(C(=O)Nc2cncc(C(=O)O)c2)CC1. The summed E-state index contributed by atoms with van der Waals surface area (Å²) in [6, 6.07) is 1.14. The van der Waals surface area contributed by atoms with E-state index < -0.39 is 5.97 Å². The average Bonchev–Trinajstić information content (AvgIpc) is 2.39. The number of carbonyl (C=O) groups excluding carboxylic acids is 1. The van der Waals surface area contributed by atoms with Crippen LogP contribution in [0.3, 0.4) is 0 Å². The molecule has 0 bridgehead atoms. The normalized spacial score (nSPS) is 14.8. The van der Waals surface area contributed by atoms with Crippen molar-refractivity contribution in [1.82, 2.24) is 9.88 Å². The van der Waals surface area contributed by atoms with E-state index in [0.717, 1.165) is 6.42 Å². The van der Waals surface area contributed by atoms with Gasteiger partial charge in [-0.15, -0.1) is 0 Å². The fourth-order valence-corrected chi connectivity index (χ4v) is 1.78. The van der Waals surface area contributed by atoms with Gasteiger partial charge in [0.15, 0.2) is 0 Å². The topological polar surface area (TPSA) is 82.5 Å². The smallest absolute Gasteiger partial charge is 0.337 e. The molecule has 0 saturated heterocycles. The van der Waals surface area contributed by atoms with Crippen LogP contribution in [0.5, 0.6) is 0 Å². The van der Waals surface area contributed by atoms with Crippen LogP contribution < -0.4 is 5.32 Å². The molecule has 2 rings (SSSR count). The van der Waals surface area contributed by atoms with Crippen LogP contribution in [-0.2, 0) is 0 Å². The molecule has 1 aromatic rings. The van der Waals surface area contributed by atoms with Crippen LogP contribution in [0.25, 0.3) is 0 Å². The Morgan fingerprint density at radius 2 is 2.21 bits per heavy atom. The quantitative estimate of drug-likeness (QED) is 0.797. The van der Waals surface area contributed by atoms with Crippen LogP contribution in [0.15, 0.2) is 30.1 Å². The molecule has 2 amide bonds. The Morgan fingerprint density at radius 1 is 1.42 bits per heavy atom. The van der Waals surface area contributed by atoms with Crippen LogP contribution in [0.1, 0.15) is 23.7 Å². The van der Waals surface area contributed by atoms with Crippen molar-refractivity contribution in [3.8, 4) is 0 Å². The van der Waals surface area contributed by atoms with Crippen molar-refractivity contribution in [2.75, 3.05) is 18.4 Å². The fourth-order valence-electron chi connectivity index (χ4n) is 1.78. The first kappa shape index (κ1) is 13.1. The summed E-state index contributed by atoms with van der Waals surface area (Å²) in [6.45, 7) is 3.28. The number of nitrogens with zero attached hydrogens (tertiary/aromatic N) is 2. The molecule has 0 unspecified atom stereocenters. The molecule has 2 N–H and O–H groups in total. The van der Waals surface area contributed by atoms with E-state index in [4.69, 9.17) is 5.11 Å². The van der Waals surface area contributed by atoms with Gasteiger partial charge >= 0.3 is 12.0 Å². The summed E-state index contributed by atoms with van der Waals surface area (Å²) in [5, 5.41) is 11.5. The molecule has 0 aromatic carbocycles. The molecule has 0 atom stereocenters. The number of rotatable bonds is 2. The number of carbonyl (C=O) groups is 2. The first-order valence-electron chi connectivity index (χ1n) is 5.96. The van der Waals surface area contributed by atoms with Gasteiger partial charge in [0, 0.05) is 19.3 Å². The van der Waals surface area contributed by atoms with Crippen molar-refractivity contribution in [1.29, 1.82) is 0 Å². The molecular weight excluding hydrogens is 246 g/mol. The first-order chi connectivity index (χ1) is 9.06. The van der Waals surface area contributed by atoms with E-state index in [1.54, 1.807) is 4.90 Å². The highest BCUT2D eigenvalue weighted by atomic mass is 16.4. The van der Waals surface area contributed by atoms with Gasteiger partial charge in [0.25, 0.3) is 0 Å². The highest BCUT2D eigenvalue weighted by Crippen LogP contribution is 2.13. The molecule has 0 fully saturated rings. The van der Waals surface area contributed by atoms with Crippen molar-refractivity contribution >= 4 is 17.7 Å². The van der Waals surface area contributed by atoms with Crippen LogP contribution in [0.2, 0.25) is 0 Å². The van der Waals surface area contributed by atoms with Gasteiger partial charge in [0.2, 0.25) is 0 Å². The number of carboxylic acid groups (broad SMARTS) is 1. The zero-order valence-electron chi connectivity index (χ0n) is 10.6. The molecule has 1 aliphatic rings. The van der Waals surface area contributed by atoms with E-state index in [1.165, 1.54) is 24.0 Å². The van der Waals surface area contributed by atoms with Gasteiger partial charge < -0.3 is 15.3 Å². The van der Waals surface area contributed by atoms with Gasteiger partial charge in [-0.2, -0.15) is 0 Å². The third-order valence-electron chi connectivity index (χ3n) is 2.96. The minimum absolute atomic E-state index is 0.0483. The average molecular weight is 261 g/mol. The highest BCUT2D eigenvalue weighted by Gasteiger charge is 2.16. The van der Waals surface area contributed by atoms with Crippen molar-refractivity contribution < 1.29 is 14.7 Å². The molecule has 0 aliphatic carbocycles. The Bertz CT molecular complexity index is 540.